The number of hydrogen-bond donors (Lipinski definition) is 2. The largest absolute Gasteiger partial charge is 0.472 e. The van der Waals surface area contributed by atoms with Gasteiger partial charge in [-0.3, -0.25) is 13.8 Å². The third-order valence-corrected chi connectivity index (χ3v) is 9.72. The maximum atomic E-state index is 12.6. The van der Waals surface area contributed by atoms with E-state index in [1.165, 1.54) is 51.4 Å². The Hall–Kier alpha value is -2.58. The minimum atomic E-state index is -4.30. The van der Waals surface area contributed by atoms with Gasteiger partial charge in [0, 0.05) is 19.6 Å². The van der Waals surface area contributed by atoms with E-state index in [1.807, 2.05) is 0 Å². The van der Waals surface area contributed by atoms with Crippen LogP contribution in [0.2, 0.25) is 0 Å². The average molecular weight is 816 g/mol. The number of esters is 1. The van der Waals surface area contributed by atoms with E-state index in [1.54, 1.807) is 0 Å². The van der Waals surface area contributed by atoms with Crippen molar-refractivity contribution in [3.8, 4) is 0 Å². The van der Waals surface area contributed by atoms with Gasteiger partial charge in [0.15, 0.2) is 0 Å². The molecule has 0 aromatic rings. The molecule has 0 rings (SSSR count). The Morgan fingerprint density at radius 3 is 1.47 bits per heavy atom. The van der Waals surface area contributed by atoms with Crippen LogP contribution in [0.15, 0.2) is 97.2 Å². The predicted molar refractivity (Wildman–Crippen MR) is 242 cm³/mol. The van der Waals surface area contributed by atoms with Gasteiger partial charge in [-0.2, -0.15) is 0 Å². The van der Waals surface area contributed by atoms with Crippen LogP contribution in [0, 0.1) is 0 Å². The van der Waals surface area contributed by atoms with E-state index in [4.69, 9.17) is 24.3 Å². The summed E-state index contributed by atoms with van der Waals surface area (Å²) in [6.07, 6.45) is 58.6. The van der Waals surface area contributed by atoms with E-state index in [9.17, 15) is 14.3 Å². The molecule has 3 N–H and O–H groups in total. The summed E-state index contributed by atoms with van der Waals surface area (Å²) in [5, 5.41) is 0. The zero-order valence-corrected chi connectivity index (χ0v) is 36.9. The predicted octanol–water partition coefficient (Wildman–Crippen LogP) is 13.5. The molecule has 8 nitrogen and oxygen atoms in total. The second-order valence-electron chi connectivity index (χ2n) is 14.2. The van der Waals surface area contributed by atoms with Crippen molar-refractivity contribution in [3.05, 3.63) is 97.2 Å². The van der Waals surface area contributed by atoms with Crippen molar-refractivity contribution in [2.24, 2.45) is 5.73 Å². The monoisotopic (exact) mass is 816 g/mol. The third-order valence-electron chi connectivity index (χ3n) is 8.74. The molecule has 0 aliphatic carbocycles. The Balaban J connectivity index is 4.18. The SMILES string of the molecule is CC/C=C\C/C=C\C/C=C\C/C=C\C/C=C\C/C=C\CCCOCC(COP(=O)(O)OCCN)OC(=O)CCCCCCCCC/C=C\C/C=C\CCCCCC. The van der Waals surface area contributed by atoms with E-state index in [2.05, 4.69) is 111 Å². The molecule has 0 amide bonds. The number of phosphoric acid groups is 1. The fraction of sp³-hybridized carbons (Fsp3) is 0.646. The summed E-state index contributed by atoms with van der Waals surface area (Å²) in [4.78, 5) is 22.5. The van der Waals surface area contributed by atoms with Crippen molar-refractivity contribution in [1.82, 2.24) is 0 Å². The highest BCUT2D eigenvalue weighted by Crippen LogP contribution is 2.43. The van der Waals surface area contributed by atoms with Gasteiger partial charge in [-0.1, -0.05) is 162 Å². The van der Waals surface area contributed by atoms with Crippen molar-refractivity contribution >= 4 is 13.8 Å². The molecule has 0 radical (unpaired) electrons. The van der Waals surface area contributed by atoms with Gasteiger partial charge in [0.05, 0.1) is 19.8 Å². The Labute approximate surface area is 349 Å². The number of hydrogen-bond acceptors (Lipinski definition) is 7. The summed E-state index contributed by atoms with van der Waals surface area (Å²) < 4.78 is 33.4. The van der Waals surface area contributed by atoms with Crippen molar-refractivity contribution < 1.29 is 32.8 Å². The molecule has 0 bridgehead atoms. The van der Waals surface area contributed by atoms with Gasteiger partial charge in [-0.25, -0.2) is 4.57 Å². The molecule has 0 aromatic heterocycles. The maximum Gasteiger partial charge on any atom is 0.472 e. The highest BCUT2D eigenvalue weighted by Gasteiger charge is 2.25. The molecule has 0 aliphatic rings. The van der Waals surface area contributed by atoms with Crippen LogP contribution in [-0.2, 0) is 27.9 Å². The maximum absolute atomic E-state index is 12.6. The Bertz CT molecular complexity index is 1190. The van der Waals surface area contributed by atoms with Gasteiger partial charge >= 0.3 is 13.8 Å². The summed E-state index contributed by atoms with van der Waals surface area (Å²) in [6, 6.07) is 0. The van der Waals surface area contributed by atoms with Gasteiger partial charge < -0.3 is 20.1 Å². The third kappa shape index (κ3) is 44.4. The van der Waals surface area contributed by atoms with Crippen LogP contribution in [0.4, 0.5) is 0 Å². The van der Waals surface area contributed by atoms with E-state index >= 15 is 0 Å². The standard InChI is InChI=1S/C48H82NO7P/c1-3-5-7-9-11-13-15-17-19-21-23-24-26-28-30-32-34-36-38-40-43-53-45-47(46-55-57(51,52)54-44-42-49)56-48(50)41-39-37-35-33-31-29-27-25-22-20-18-16-14-12-10-8-6-4-2/h5,7,11,13-14,16-17,19-20,22-24,28,30,34,36,47H,3-4,6,8-10,12,15,18,21,25-27,29,31-33,35,37-46,49H2,1-2H3,(H,51,52)/b7-5-,13-11-,16-14-,19-17-,22-20-,24-23-,30-28-,36-34-. The van der Waals surface area contributed by atoms with Crippen LogP contribution in [0.25, 0.3) is 0 Å². The Morgan fingerprint density at radius 1 is 0.544 bits per heavy atom. The molecular weight excluding hydrogens is 734 g/mol. The van der Waals surface area contributed by atoms with Gasteiger partial charge in [-0.05, 0) is 89.9 Å². The van der Waals surface area contributed by atoms with Crippen molar-refractivity contribution in [2.75, 3.05) is 33.0 Å². The van der Waals surface area contributed by atoms with Crippen LogP contribution < -0.4 is 5.73 Å². The Morgan fingerprint density at radius 2 is 0.982 bits per heavy atom. The molecule has 0 aromatic carbocycles. The van der Waals surface area contributed by atoms with Crippen LogP contribution >= 0.6 is 7.82 Å². The van der Waals surface area contributed by atoms with Crippen molar-refractivity contribution in [3.63, 3.8) is 0 Å². The summed E-state index contributed by atoms with van der Waals surface area (Å²) in [6.45, 7) is 4.60. The summed E-state index contributed by atoms with van der Waals surface area (Å²) >= 11 is 0. The van der Waals surface area contributed by atoms with Crippen molar-refractivity contribution in [1.29, 1.82) is 0 Å². The lowest BCUT2D eigenvalue weighted by Gasteiger charge is -2.20. The molecule has 9 heteroatoms. The first-order valence-electron chi connectivity index (χ1n) is 22.2. The highest BCUT2D eigenvalue weighted by molar-refractivity contribution is 7.47. The number of ether oxygens (including phenoxy) is 2. The number of rotatable bonds is 41. The van der Waals surface area contributed by atoms with Gasteiger partial charge in [-0.15, -0.1) is 0 Å². The van der Waals surface area contributed by atoms with Gasteiger partial charge in [0.25, 0.3) is 0 Å². The molecule has 326 valence electrons. The van der Waals surface area contributed by atoms with E-state index in [0.717, 1.165) is 89.9 Å². The van der Waals surface area contributed by atoms with Crippen LogP contribution in [-0.4, -0.2) is 49.9 Å². The quantitative estimate of drug-likeness (QED) is 0.0271. The molecule has 0 heterocycles. The zero-order valence-electron chi connectivity index (χ0n) is 36.0. The minimum absolute atomic E-state index is 0.0669. The van der Waals surface area contributed by atoms with Gasteiger partial charge in [0.1, 0.15) is 6.10 Å². The first-order chi connectivity index (χ1) is 27.9. The first kappa shape index (κ1) is 54.4. The molecule has 2 atom stereocenters. The molecule has 2 unspecified atom stereocenters. The fourth-order valence-electron chi connectivity index (χ4n) is 5.51. The molecular formula is C48H82NO7P. The summed E-state index contributed by atoms with van der Waals surface area (Å²) in [5.41, 5.74) is 5.37. The molecule has 0 saturated heterocycles. The number of allylic oxidation sites excluding steroid dienone is 16. The fourth-order valence-corrected chi connectivity index (χ4v) is 6.28. The number of carbonyl (C=O) groups excluding carboxylic acids is 1. The first-order valence-corrected chi connectivity index (χ1v) is 23.7. The zero-order chi connectivity index (χ0) is 41.6. The van der Waals surface area contributed by atoms with Crippen LogP contribution in [0.5, 0.6) is 0 Å². The molecule has 57 heavy (non-hydrogen) atoms. The summed E-state index contributed by atoms with van der Waals surface area (Å²) in [5.74, 6) is -0.362. The smallest absolute Gasteiger partial charge is 0.457 e. The second-order valence-corrected chi connectivity index (χ2v) is 15.6. The van der Waals surface area contributed by atoms with E-state index < -0.39 is 13.9 Å². The lowest BCUT2D eigenvalue weighted by molar-refractivity contribution is -0.154. The number of phosphoric ester groups is 1. The minimum Gasteiger partial charge on any atom is -0.457 e. The van der Waals surface area contributed by atoms with Crippen LogP contribution in [0.3, 0.4) is 0 Å². The van der Waals surface area contributed by atoms with Crippen LogP contribution in [0.1, 0.15) is 162 Å². The number of nitrogens with two attached hydrogens (primary N) is 1. The molecule has 0 saturated carbocycles. The second kappa shape index (κ2) is 44.5. The topological polar surface area (TPSA) is 117 Å². The lowest BCUT2D eigenvalue weighted by Crippen LogP contribution is -2.28. The summed E-state index contributed by atoms with van der Waals surface area (Å²) in [7, 11) is -4.30. The average Bonchev–Trinajstić information content (AvgIpc) is 3.20. The molecule has 0 aliphatic heterocycles. The molecule has 0 spiro atoms. The Kier molecular flexibility index (Phi) is 42.5. The molecule has 0 fully saturated rings. The number of unbranched alkanes of at least 4 members (excludes halogenated alkanes) is 12. The van der Waals surface area contributed by atoms with E-state index in [0.29, 0.717) is 6.61 Å². The lowest BCUT2D eigenvalue weighted by atomic mass is 10.1. The number of carbonyl (C=O) groups is 1. The van der Waals surface area contributed by atoms with Gasteiger partial charge in [0.2, 0.25) is 0 Å². The van der Waals surface area contributed by atoms with E-state index in [-0.39, 0.29) is 38.8 Å². The van der Waals surface area contributed by atoms with Crippen molar-refractivity contribution in [2.45, 2.75) is 168 Å². The highest BCUT2D eigenvalue weighted by atomic mass is 31.2. The normalized spacial score (nSPS) is 14.4.